The summed E-state index contributed by atoms with van der Waals surface area (Å²) in [6, 6.07) is -0.0349. The van der Waals surface area contributed by atoms with E-state index in [9.17, 15) is 13.2 Å². The van der Waals surface area contributed by atoms with Gasteiger partial charge in [0.25, 0.3) is 0 Å². The molecule has 3 N–H and O–H groups in total. The van der Waals surface area contributed by atoms with Crippen molar-refractivity contribution < 1.29 is 13.2 Å². The number of hydrogen-bond donors (Lipinski definition) is 2. The molecule has 0 aliphatic rings. The Morgan fingerprint density at radius 2 is 1.73 bits per heavy atom. The molecule has 5 heteroatoms. The van der Waals surface area contributed by atoms with Gasteiger partial charge in [0, 0.05) is 12.5 Å². The molecule has 0 radical (unpaired) electrons. The lowest BCUT2D eigenvalue weighted by molar-refractivity contribution is -0.135. The van der Waals surface area contributed by atoms with E-state index in [0.717, 1.165) is 6.42 Å². The van der Waals surface area contributed by atoms with Crippen LogP contribution in [0.4, 0.5) is 13.2 Å². The molecule has 1 unspecified atom stereocenters. The maximum absolute atomic E-state index is 11.9. The molecule has 0 amide bonds. The number of hydrazine groups is 1. The molecule has 0 saturated carbocycles. The lowest BCUT2D eigenvalue weighted by Crippen LogP contribution is -2.38. The van der Waals surface area contributed by atoms with Crippen molar-refractivity contribution >= 4 is 0 Å². The van der Waals surface area contributed by atoms with E-state index in [1.165, 1.54) is 0 Å². The zero-order chi connectivity index (χ0) is 12.1. The van der Waals surface area contributed by atoms with Crippen molar-refractivity contribution in [1.29, 1.82) is 0 Å². The van der Waals surface area contributed by atoms with Gasteiger partial charge < -0.3 is 0 Å². The quantitative estimate of drug-likeness (QED) is 0.558. The second-order valence-electron chi connectivity index (χ2n) is 5.14. The van der Waals surface area contributed by atoms with E-state index in [1.807, 2.05) is 20.8 Å². The molecular formula is C10H21F3N2. The van der Waals surface area contributed by atoms with Crippen molar-refractivity contribution in [1.82, 2.24) is 5.43 Å². The largest absolute Gasteiger partial charge is 0.389 e. The third-order valence-electron chi connectivity index (χ3n) is 2.11. The molecule has 0 aromatic rings. The predicted molar refractivity (Wildman–Crippen MR) is 55.1 cm³/mol. The van der Waals surface area contributed by atoms with Crippen LogP contribution in [0.25, 0.3) is 0 Å². The number of nitrogens with one attached hydrogen (secondary N) is 1. The van der Waals surface area contributed by atoms with Gasteiger partial charge in [0.15, 0.2) is 0 Å². The first-order valence-electron chi connectivity index (χ1n) is 5.17. The summed E-state index contributed by atoms with van der Waals surface area (Å²) in [5.41, 5.74) is 2.66. The Kier molecular flexibility index (Phi) is 5.59. The Bertz CT molecular complexity index is 172. The highest BCUT2D eigenvalue weighted by molar-refractivity contribution is 4.73. The van der Waals surface area contributed by atoms with Gasteiger partial charge >= 0.3 is 6.18 Å². The van der Waals surface area contributed by atoms with Gasteiger partial charge in [-0.15, -0.1) is 0 Å². The van der Waals surface area contributed by atoms with E-state index in [2.05, 4.69) is 5.43 Å². The lowest BCUT2D eigenvalue weighted by atomic mass is 9.86. The summed E-state index contributed by atoms with van der Waals surface area (Å²) in [7, 11) is 0. The number of halogens is 3. The molecule has 0 aliphatic heterocycles. The van der Waals surface area contributed by atoms with Gasteiger partial charge in [0.05, 0.1) is 0 Å². The monoisotopic (exact) mass is 226 g/mol. The zero-order valence-electron chi connectivity index (χ0n) is 9.62. The molecule has 15 heavy (non-hydrogen) atoms. The van der Waals surface area contributed by atoms with Crippen LogP contribution in [0, 0.1) is 5.41 Å². The van der Waals surface area contributed by atoms with Crippen molar-refractivity contribution in [3.05, 3.63) is 0 Å². The van der Waals surface area contributed by atoms with Crippen LogP contribution in [0.1, 0.15) is 46.5 Å². The molecule has 0 aromatic carbocycles. The highest BCUT2D eigenvalue weighted by Gasteiger charge is 2.27. The van der Waals surface area contributed by atoms with E-state index in [0.29, 0.717) is 6.42 Å². The first-order chi connectivity index (χ1) is 6.64. The van der Waals surface area contributed by atoms with E-state index in [1.54, 1.807) is 0 Å². The Hall–Kier alpha value is -0.290. The van der Waals surface area contributed by atoms with E-state index < -0.39 is 12.6 Å². The minimum absolute atomic E-state index is 0.0349. The first kappa shape index (κ1) is 14.7. The molecule has 0 bridgehead atoms. The second kappa shape index (κ2) is 5.70. The Morgan fingerprint density at radius 3 is 2.07 bits per heavy atom. The Morgan fingerprint density at radius 1 is 1.20 bits per heavy atom. The van der Waals surface area contributed by atoms with Crippen LogP contribution in [0.15, 0.2) is 0 Å². The van der Waals surface area contributed by atoms with Crippen LogP contribution in [0.2, 0.25) is 0 Å². The predicted octanol–water partition coefficient (Wildman–Crippen LogP) is 2.99. The molecule has 0 aliphatic carbocycles. The second-order valence-corrected chi connectivity index (χ2v) is 5.14. The number of alkyl halides is 3. The van der Waals surface area contributed by atoms with Crippen LogP contribution < -0.4 is 11.3 Å². The van der Waals surface area contributed by atoms with Gasteiger partial charge in [-0.05, 0) is 24.7 Å². The fourth-order valence-electron chi connectivity index (χ4n) is 1.53. The van der Waals surface area contributed by atoms with Gasteiger partial charge in [-0.2, -0.15) is 13.2 Å². The smallest absolute Gasteiger partial charge is 0.271 e. The lowest BCUT2D eigenvalue weighted by Gasteiger charge is -2.25. The number of hydrogen-bond acceptors (Lipinski definition) is 2. The zero-order valence-corrected chi connectivity index (χ0v) is 9.62. The van der Waals surface area contributed by atoms with Gasteiger partial charge in [-0.1, -0.05) is 20.8 Å². The third-order valence-corrected chi connectivity index (χ3v) is 2.11. The van der Waals surface area contributed by atoms with E-state index >= 15 is 0 Å². The molecule has 0 spiro atoms. The molecule has 1 atom stereocenters. The topological polar surface area (TPSA) is 38.0 Å². The van der Waals surface area contributed by atoms with Crippen molar-refractivity contribution in [2.75, 3.05) is 0 Å². The summed E-state index contributed by atoms with van der Waals surface area (Å²) in [6.07, 6.45) is -3.40. The standard InChI is InChI=1S/C10H21F3N2/c1-9(2,3)7-8(15-14)5-4-6-10(11,12)13/h8,15H,4-7,14H2,1-3H3. The number of rotatable bonds is 5. The SMILES string of the molecule is CC(C)(C)CC(CCCC(F)(F)F)NN. The summed E-state index contributed by atoms with van der Waals surface area (Å²) in [6.45, 7) is 6.13. The van der Waals surface area contributed by atoms with Crippen molar-refractivity contribution in [3.63, 3.8) is 0 Å². The van der Waals surface area contributed by atoms with Crippen molar-refractivity contribution in [3.8, 4) is 0 Å². The van der Waals surface area contributed by atoms with Crippen molar-refractivity contribution in [2.24, 2.45) is 11.3 Å². The van der Waals surface area contributed by atoms with Crippen LogP contribution in [-0.2, 0) is 0 Å². The third kappa shape index (κ3) is 10.0. The number of nitrogens with two attached hydrogens (primary N) is 1. The van der Waals surface area contributed by atoms with Gasteiger partial charge in [-0.3, -0.25) is 11.3 Å². The van der Waals surface area contributed by atoms with Crippen LogP contribution in [0.3, 0.4) is 0 Å². The summed E-state index contributed by atoms with van der Waals surface area (Å²) >= 11 is 0. The maximum atomic E-state index is 11.9. The Labute approximate surface area is 89.4 Å². The average Bonchev–Trinajstić information content (AvgIpc) is 1.97. The van der Waals surface area contributed by atoms with E-state index in [4.69, 9.17) is 5.84 Å². The minimum atomic E-state index is -4.05. The normalized spacial score (nSPS) is 15.4. The molecule has 2 nitrogen and oxygen atoms in total. The molecular weight excluding hydrogens is 205 g/mol. The van der Waals surface area contributed by atoms with Gasteiger partial charge in [0.2, 0.25) is 0 Å². The van der Waals surface area contributed by atoms with Crippen LogP contribution >= 0.6 is 0 Å². The van der Waals surface area contributed by atoms with Crippen LogP contribution in [-0.4, -0.2) is 12.2 Å². The molecule has 0 heterocycles. The van der Waals surface area contributed by atoms with E-state index in [-0.39, 0.29) is 17.9 Å². The van der Waals surface area contributed by atoms with Crippen molar-refractivity contribution in [2.45, 2.75) is 58.7 Å². The summed E-state index contributed by atoms with van der Waals surface area (Å²) in [5, 5.41) is 0. The molecule has 0 aromatic heterocycles. The highest BCUT2D eigenvalue weighted by Crippen LogP contribution is 2.26. The van der Waals surface area contributed by atoms with Crippen LogP contribution in [0.5, 0.6) is 0 Å². The summed E-state index contributed by atoms with van der Waals surface area (Å²) in [5.74, 6) is 5.30. The fourth-order valence-corrected chi connectivity index (χ4v) is 1.53. The molecule has 0 fully saturated rings. The minimum Gasteiger partial charge on any atom is -0.271 e. The molecule has 0 rings (SSSR count). The molecule has 92 valence electrons. The average molecular weight is 226 g/mol. The summed E-state index contributed by atoms with van der Waals surface area (Å²) in [4.78, 5) is 0. The van der Waals surface area contributed by atoms with Gasteiger partial charge in [-0.25, -0.2) is 0 Å². The summed E-state index contributed by atoms with van der Waals surface area (Å²) < 4.78 is 35.7. The molecule has 0 saturated heterocycles. The van der Waals surface area contributed by atoms with Gasteiger partial charge in [0.1, 0.15) is 0 Å². The fraction of sp³-hybridized carbons (Fsp3) is 1.00. The highest BCUT2D eigenvalue weighted by atomic mass is 19.4. The first-order valence-corrected chi connectivity index (χ1v) is 5.17. The maximum Gasteiger partial charge on any atom is 0.389 e. The Balaban J connectivity index is 3.82.